The van der Waals surface area contributed by atoms with Crippen molar-refractivity contribution < 1.29 is 4.42 Å². The predicted molar refractivity (Wildman–Crippen MR) is 201 cm³/mol. The van der Waals surface area contributed by atoms with Gasteiger partial charge in [0.25, 0.3) is 0 Å². The lowest BCUT2D eigenvalue weighted by Crippen LogP contribution is -2.03. The van der Waals surface area contributed by atoms with Gasteiger partial charge in [-0.1, -0.05) is 121 Å². The highest BCUT2D eigenvalue weighted by atomic mass is 16.3. The third-order valence-electron chi connectivity index (χ3n) is 10.5. The highest BCUT2D eigenvalue weighted by Crippen LogP contribution is 2.45. The fourth-order valence-electron chi connectivity index (χ4n) is 8.51. The third-order valence-corrected chi connectivity index (χ3v) is 10.5. The lowest BCUT2D eigenvalue weighted by molar-refractivity contribution is 0.651. The summed E-state index contributed by atoms with van der Waals surface area (Å²) in [6.45, 7) is 0. The summed E-state index contributed by atoms with van der Waals surface area (Å²) in [5.41, 5.74) is 9.08. The van der Waals surface area contributed by atoms with Crippen molar-refractivity contribution in [2.45, 2.75) is 0 Å². The Morgan fingerprint density at radius 2 is 1.10 bits per heavy atom. The Morgan fingerprint density at radius 1 is 0.429 bits per heavy atom. The van der Waals surface area contributed by atoms with E-state index in [9.17, 15) is 0 Å². The van der Waals surface area contributed by atoms with Crippen molar-refractivity contribution in [1.82, 2.24) is 18.9 Å². The summed E-state index contributed by atoms with van der Waals surface area (Å²) < 4.78 is 11.2. The van der Waals surface area contributed by atoms with Gasteiger partial charge < -0.3 is 8.82 Å². The maximum Gasteiger partial charge on any atom is 0.238 e. The quantitative estimate of drug-likeness (QED) is 0.192. The van der Waals surface area contributed by atoms with Gasteiger partial charge in [-0.25, -0.2) is 4.98 Å². The zero-order chi connectivity index (χ0) is 31.8. The summed E-state index contributed by atoms with van der Waals surface area (Å²) in [6, 6.07) is 51.6. The first kappa shape index (κ1) is 25.4. The number of nitrogens with zero attached hydrogens (tertiary/aromatic N) is 4. The van der Waals surface area contributed by atoms with E-state index in [1.165, 1.54) is 54.3 Å². The molecule has 0 N–H and O–H groups in total. The number of hydrogen-bond donors (Lipinski definition) is 0. The van der Waals surface area contributed by atoms with Gasteiger partial charge in [0, 0.05) is 48.7 Å². The molecule has 5 nitrogen and oxygen atoms in total. The Hall–Kier alpha value is -6.72. The van der Waals surface area contributed by atoms with Gasteiger partial charge in [0.1, 0.15) is 5.58 Å². The second-order valence-electron chi connectivity index (χ2n) is 12.9. The topological polar surface area (TPSA) is 48.3 Å². The molecule has 0 spiro atoms. The van der Waals surface area contributed by atoms with Crippen molar-refractivity contribution in [2.24, 2.45) is 0 Å². The van der Waals surface area contributed by atoms with E-state index in [0.29, 0.717) is 11.7 Å². The number of para-hydroxylation sites is 4. The first-order chi connectivity index (χ1) is 24.3. The van der Waals surface area contributed by atoms with E-state index in [0.717, 1.165) is 44.0 Å². The van der Waals surface area contributed by atoms with Crippen LogP contribution in [0.25, 0.3) is 110 Å². The number of fused-ring (bicyclic) bond motifs is 15. The summed E-state index contributed by atoms with van der Waals surface area (Å²) >= 11 is 0. The molecule has 12 rings (SSSR count). The smallest absolute Gasteiger partial charge is 0.238 e. The van der Waals surface area contributed by atoms with Crippen molar-refractivity contribution in [3.8, 4) is 17.2 Å². The molecule has 49 heavy (non-hydrogen) atoms. The highest BCUT2D eigenvalue weighted by Gasteiger charge is 2.25. The lowest BCUT2D eigenvalue weighted by Gasteiger charge is -2.12. The van der Waals surface area contributed by atoms with Crippen LogP contribution in [0.4, 0.5) is 0 Å². The van der Waals surface area contributed by atoms with Crippen LogP contribution in [0, 0.1) is 0 Å². The van der Waals surface area contributed by atoms with Gasteiger partial charge in [0.15, 0.2) is 0 Å². The van der Waals surface area contributed by atoms with Crippen LogP contribution < -0.4 is 0 Å². The summed E-state index contributed by atoms with van der Waals surface area (Å²) in [5.74, 6) is 0.586. The van der Waals surface area contributed by atoms with Gasteiger partial charge in [-0.3, -0.25) is 4.57 Å². The Kier molecular flexibility index (Phi) is 4.66. The first-order valence-electron chi connectivity index (χ1n) is 16.6. The maximum absolute atomic E-state index is 6.48. The van der Waals surface area contributed by atoms with Gasteiger partial charge in [0.2, 0.25) is 11.7 Å². The molecule has 0 saturated carbocycles. The Morgan fingerprint density at radius 3 is 1.98 bits per heavy atom. The van der Waals surface area contributed by atoms with E-state index in [2.05, 4.69) is 130 Å². The Balaban J connectivity index is 1.31. The number of rotatable bonds is 2. The standard InChI is InChI=1S/C44H24N4O/c1-2-11-26(12-3-1)40-39-31-15-6-9-20-36(31)49-43(39)46-44(45-40)48-34-19-8-5-14-28(34)30-23-21-25-22-24-35-38(37(25)42(30)48)32-17-10-16-29-27-13-4-7-18-33(27)47(35)41(29)32/h1-24H. The zero-order valence-corrected chi connectivity index (χ0v) is 26.1. The van der Waals surface area contributed by atoms with E-state index in [1.54, 1.807) is 0 Å². The van der Waals surface area contributed by atoms with Crippen LogP contribution in [0.15, 0.2) is 150 Å². The molecule has 5 aromatic heterocycles. The molecular formula is C44H24N4O. The van der Waals surface area contributed by atoms with Gasteiger partial charge in [-0.15, -0.1) is 0 Å². The molecule has 0 aliphatic heterocycles. The Labute approximate surface area is 278 Å². The second-order valence-corrected chi connectivity index (χ2v) is 12.9. The molecule has 7 aromatic carbocycles. The van der Waals surface area contributed by atoms with Crippen LogP contribution in [0.2, 0.25) is 0 Å². The number of hydrogen-bond acceptors (Lipinski definition) is 3. The average molecular weight is 625 g/mol. The minimum absolute atomic E-state index is 0.577. The normalized spacial score (nSPS) is 12.5. The van der Waals surface area contributed by atoms with Gasteiger partial charge in [-0.2, -0.15) is 4.98 Å². The molecule has 0 saturated heterocycles. The SMILES string of the molecule is c1ccc(-c2nc(-n3c4ccccc4c4ccc5ccc6c(c7cccc8c9ccccc9n6c87)c5c43)nc3oc4ccccc4c23)cc1. The predicted octanol–water partition coefficient (Wildman–Crippen LogP) is 11.4. The molecule has 0 unspecified atom stereocenters. The largest absolute Gasteiger partial charge is 0.437 e. The molecule has 0 bridgehead atoms. The van der Waals surface area contributed by atoms with Crippen molar-refractivity contribution in [1.29, 1.82) is 0 Å². The van der Waals surface area contributed by atoms with Crippen LogP contribution in [-0.2, 0) is 0 Å². The summed E-state index contributed by atoms with van der Waals surface area (Å²) in [4.78, 5) is 10.7. The van der Waals surface area contributed by atoms with E-state index in [1.807, 2.05) is 24.3 Å². The zero-order valence-electron chi connectivity index (χ0n) is 26.1. The summed E-state index contributed by atoms with van der Waals surface area (Å²) in [7, 11) is 0. The van der Waals surface area contributed by atoms with Crippen molar-refractivity contribution in [3.63, 3.8) is 0 Å². The molecular weight excluding hydrogens is 601 g/mol. The summed E-state index contributed by atoms with van der Waals surface area (Å²) in [5, 5.41) is 11.7. The molecule has 5 heteroatoms. The van der Waals surface area contributed by atoms with Gasteiger partial charge in [0.05, 0.1) is 38.7 Å². The van der Waals surface area contributed by atoms with E-state index in [-0.39, 0.29) is 0 Å². The molecule has 0 radical (unpaired) electrons. The van der Waals surface area contributed by atoms with Crippen molar-refractivity contribution in [2.75, 3.05) is 0 Å². The second kappa shape index (κ2) is 9.00. The third kappa shape index (κ3) is 3.15. The van der Waals surface area contributed by atoms with Crippen LogP contribution in [0.3, 0.4) is 0 Å². The summed E-state index contributed by atoms with van der Waals surface area (Å²) in [6.07, 6.45) is 0. The highest BCUT2D eigenvalue weighted by molar-refractivity contribution is 6.34. The first-order valence-corrected chi connectivity index (χ1v) is 16.6. The van der Waals surface area contributed by atoms with Gasteiger partial charge in [-0.05, 0) is 29.7 Å². The molecule has 0 fully saturated rings. The molecule has 0 aliphatic carbocycles. The van der Waals surface area contributed by atoms with E-state index < -0.39 is 0 Å². The fourth-order valence-corrected chi connectivity index (χ4v) is 8.51. The molecule has 0 aliphatic rings. The number of aromatic nitrogens is 4. The molecule has 5 heterocycles. The molecule has 226 valence electrons. The van der Waals surface area contributed by atoms with Crippen LogP contribution in [-0.4, -0.2) is 18.9 Å². The van der Waals surface area contributed by atoms with Crippen LogP contribution in [0.1, 0.15) is 0 Å². The van der Waals surface area contributed by atoms with E-state index in [4.69, 9.17) is 14.4 Å². The van der Waals surface area contributed by atoms with Crippen LogP contribution in [0.5, 0.6) is 0 Å². The van der Waals surface area contributed by atoms with Crippen molar-refractivity contribution >= 4 is 92.7 Å². The monoisotopic (exact) mass is 624 g/mol. The average Bonchev–Trinajstić information content (AvgIpc) is 3.90. The Bertz CT molecular complexity index is 3330. The maximum atomic E-state index is 6.48. The van der Waals surface area contributed by atoms with Gasteiger partial charge >= 0.3 is 0 Å². The molecule has 0 atom stereocenters. The van der Waals surface area contributed by atoms with E-state index >= 15 is 0 Å². The number of benzene rings is 7. The molecule has 12 aromatic rings. The lowest BCUT2D eigenvalue weighted by atomic mass is 9.99. The van der Waals surface area contributed by atoms with Crippen LogP contribution >= 0.6 is 0 Å². The molecule has 0 amide bonds. The van der Waals surface area contributed by atoms with Crippen molar-refractivity contribution in [3.05, 3.63) is 146 Å². The fraction of sp³-hybridized carbons (Fsp3) is 0. The minimum Gasteiger partial charge on any atom is -0.437 e. The number of furan rings is 1. The minimum atomic E-state index is 0.577.